The summed E-state index contributed by atoms with van der Waals surface area (Å²) in [6, 6.07) is 23.1. The smallest absolute Gasteiger partial charge is 0.282 e. The molecule has 0 amide bonds. The molecule has 12 heteroatoms. The Morgan fingerprint density at radius 2 is 1.07 bits per heavy atom. The van der Waals surface area contributed by atoms with Crippen molar-refractivity contribution in [2.24, 2.45) is 0 Å². The lowest BCUT2D eigenvalue weighted by molar-refractivity contribution is 0.481. The first-order chi connectivity index (χ1) is 18.7. The van der Waals surface area contributed by atoms with Crippen molar-refractivity contribution in [3.63, 3.8) is 0 Å². The average molecular weight is 595 g/mol. The van der Waals surface area contributed by atoms with Crippen LogP contribution in [-0.4, -0.2) is 38.9 Å². The highest BCUT2D eigenvalue weighted by Gasteiger charge is 2.25. The summed E-state index contributed by atoms with van der Waals surface area (Å²) in [6.45, 7) is 0. The van der Waals surface area contributed by atoms with Gasteiger partial charge in [-0.2, -0.15) is 25.3 Å². The van der Waals surface area contributed by atoms with E-state index in [9.17, 15) is 38.9 Å². The molecule has 0 fully saturated rings. The van der Waals surface area contributed by atoms with E-state index < -0.39 is 40.1 Å². The fraction of sp³-hybridized carbons (Fsp3) is 0. The highest BCUT2D eigenvalue weighted by Crippen LogP contribution is 2.40. The topological polar surface area (TPSA) is 163 Å². The molecule has 0 aliphatic heterocycles. The molecule has 0 radical (unpaired) electrons. The molecule has 0 aliphatic carbocycles. The number of hydrogen-bond acceptors (Lipinski definition) is 6. The zero-order valence-corrected chi connectivity index (χ0v) is 22.6. The standard InChI is InChI=1S/C28H18O9S3/c29-38(30,31)26-7-3-6-23-25(26)15-20-13-18(8-11-22(20)27(23)39(32,33)34)21-10-9-19-12-16-4-1-2-5-17(16)14-24(19)28(21)40(35,36)37/h1-15H,(H,29,30,31)(H,32,33,34)(H,35,36,37). The van der Waals surface area contributed by atoms with Crippen LogP contribution in [0.3, 0.4) is 0 Å². The van der Waals surface area contributed by atoms with Crippen molar-refractivity contribution < 1.29 is 38.9 Å². The maximum absolute atomic E-state index is 12.7. The maximum Gasteiger partial charge on any atom is 0.295 e. The van der Waals surface area contributed by atoms with E-state index in [1.54, 1.807) is 30.3 Å². The van der Waals surface area contributed by atoms with Gasteiger partial charge in [-0.05, 0) is 57.4 Å². The molecule has 0 unspecified atom stereocenters. The van der Waals surface area contributed by atoms with Crippen molar-refractivity contribution in [1.82, 2.24) is 0 Å². The van der Waals surface area contributed by atoms with E-state index in [0.29, 0.717) is 5.39 Å². The summed E-state index contributed by atoms with van der Waals surface area (Å²) in [5.41, 5.74) is 0.379. The van der Waals surface area contributed by atoms with Gasteiger partial charge in [0.05, 0.1) is 0 Å². The van der Waals surface area contributed by atoms with Gasteiger partial charge in [-0.25, -0.2) is 0 Å². The van der Waals surface area contributed by atoms with E-state index in [-0.39, 0.29) is 43.0 Å². The zero-order valence-electron chi connectivity index (χ0n) is 20.2. The van der Waals surface area contributed by atoms with Gasteiger partial charge in [0.25, 0.3) is 30.4 Å². The predicted molar refractivity (Wildman–Crippen MR) is 151 cm³/mol. The molecule has 40 heavy (non-hydrogen) atoms. The Hall–Kier alpha value is -3.91. The number of fused-ring (bicyclic) bond motifs is 4. The molecule has 202 valence electrons. The number of rotatable bonds is 4. The van der Waals surface area contributed by atoms with E-state index >= 15 is 0 Å². The third-order valence-electron chi connectivity index (χ3n) is 6.85. The van der Waals surface area contributed by atoms with Gasteiger partial charge in [0, 0.05) is 27.1 Å². The van der Waals surface area contributed by atoms with Gasteiger partial charge < -0.3 is 0 Å². The van der Waals surface area contributed by atoms with Gasteiger partial charge >= 0.3 is 0 Å². The molecule has 0 atom stereocenters. The van der Waals surface area contributed by atoms with Gasteiger partial charge in [-0.1, -0.05) is 60.7 Å². The van der Waals surface area contributed by atoms with Crippen molar-refractivity contribution in [3.05, 3.63) is 91.0 Å². The van der Waals surface area contributed by atoms with E-state index in [0.717, 1.165) is 16.8 Å². The molecule has 3 N–H and O–H groups in total. The SMILES string of the molecule is O=S(=O)(O)c1c(-c2ccc3c(S(=O)(=O)O)c4cccc(S(=O)(=O)O)c4cc3c2)ccc2cc3ccccc3cc12. The summed E-state index contributed by atoms with van der Waals surface area (Å²) in [5, 5.41) is 2.32. The largest absolute Gasteiger partial charge is 0.295 e. The zero-order chi connectivity index (χ0) is 28.6. The minimum Gasteiger partial charge on any atom is -0.282 e. The van der Waals surface area contributed by atoms with Crippen LogP contribution in [0.5, 0.6) is 0 Å². The van der Waals surface area contributed by atoms with Gasteiger partial charge in [0.1, 0.15) is 14.7 Å². The second-order valence-corrected chi connectivity index (χ2v) is 13.4. The monoisotopic (exact) mass is 594 g/mol. The van der Waals surface area contributed by atoms with E-state index in [1.165, 1.54) is 42.5 Å². The maximum atomic E-state index is 12.7. The lowest BCUT2D eigenvalue weighted by Gasteiger charge is -2.15. The first-order valence-electron chi connectivity index (χ1n) is 11.6. The van der Waals surface area contributed by atoms with Gasteiger partial charge in [-0.15, -0.1) is 0 Å². The third-order valence-corrected chi connectivity index (χ3v) is 9.67. The summed E-state index contributed by atoms with van der Waals surface area (Å²) in [6.07, 6.45) is 0. The first kappa shape index (κ1) is 26.3. The van der Waals surface area contributed by atoms with Crippen molar-refractivity contribution in [2.75, 3.05) is 0 Å². The molecule has 6 rings (SSSR count). The molecule has 9 nitrogen and oxygen atoms in total. The van der Waals surface area contributed by atoms with Crippen LogP contribution >= 0.6 is 0 Å². The molecule has 0 saturated heterocycles. The summed E-state index contributed by atoms with van der Waals surface area (Å²) < 4.78 is 105. The van der Waals surface area contributed by atoms with Crippen LogP contribution in [0.2, 0.25) is 0 Å². The molecule has 6 aromatic carbocycles. The molecule has 0 aliphatic rings. The molecule has 0 bridgehead atoms. The van der Waals surface area contributed by atoms with Crippen LogP contribution in [-0.2, 0) is 30.4 Å². The molecule has 6 aromatic rings. The Balaban J connectivity index is 1.73. The number of hydrogen-bond donors (Lipinski definition) is 3. The fourth-order valence-corrected chi connectivity index (χ4v) is 7.78. The van der Waals surface area contributed by atoms with Crippen LogP contribution < -0.4 is 0 Å². The summed E-state index contributed by atoms with van der Waals surface area (Å²) in [7, 11) is -14.4. The minimum absolute atomic E-state index is 0.0337. The van der Waals surface area contributed by atoms with Crippen molar-refractivity contribution in [1.29, 1.82) is 0 Å². The minimum atomic E-state index is -4.89. The van der Waals surface area contributed by atoms with Crippen LogP contribution in [0.25, 0.3) is 54.2 Å². The lowest BCUT2D eigenvalue weighted by atomic mass is 9.95. The van der Waals surface area contributed by atoms with Gasteiger partial charge in [0.2, 0.25) is 0 Å². The van der Waals surface area contributed by atoms with E-state index in [1.807, 2.05) is 12.1 Å². The Bertz CT molecular complexity index is 2400. The quantitative estimate of drug-likeness (QED) is 0.171. The Kier molecular flexibility index (Phi) is 5.79. The van der Waals surface area contributed by atoms with E-state index in [4.69, 9.17) is 0 Å². The van der Waals surface area contributed by atoms with Crippen molar-refractivity contribution in [3.8, 4) is 11.1 Å². The molecule has 0 spiro atoms. The fourth-order valence-electron chi connectivity index (χ4n) is 5.24. The second kappa shape index (κ2) is 8.80. The Morgan fingerprint density at radius 3 is 1.73 bits per heavy atom. The van der Waals surface area contributed by atoms with Crippen LogP contribution in [0.4, 0.5) is 0 Å². The molecular formula is C28H18O9S3. The number of benzene rings is 6. The van der Waals surface area contributed by atoms with Crippen LogP contribution in [0.15, 0.2) is 106 Å². The first-order valence-corrected chi connectivity index (χ1v) is 15.9. The third kappa shape index (κ3) is 4.31. The highest BCUT2D eigenvalue weighted by molar-refractivity contribution is 7.87. The summed E-state index contributed by atoms with van der Waals surface area (Å²) in [5.74, 6) is 0. The van der Waals surface area contributed by atoms with Crippen molar-refractivity contribution in [2.45, 2.75) is 14.7 Å². The molecular weight excluding hydrogens is 577 g/mol. The van der Waals surface area contributed by atoms with Gasteiger partial charge in [-0.3, -0.25) is 13.7 Å². The van der Waals surface area contributed by atoms with E-state index in [2.05, 4.69) is 0 Å². The second-order valence-electron chi connectivity index (χ2n) is 9.28. The summed E-state index contributed by atoms with van der Waals surface area (Å²) >= 11 is 0. The Labute approximate surface area is 228 Å². The molecule has 0 heterocycles. The normalized spacial score (nSPS) is 13.0. The molecule has 0 saturated carbocycles. The lowest BCUT2D eigenvalue weighted by Crippen LogP contribution is -2.04. The highest BCUT2D eigenvalue weighted by atomic mass is 32.2. The Morgan fingerprint density at radius 1 is 0.425 bits per heavy atom. The van der Waals surface area contributed by atoms with Crippen LogP contribution in [0, 0.1) is 0 Å². The summed E-state index contributed by atoms with van der Waals surface area (Å²) in [4.78, 5) is -1.50. The van der Waals surface area contributed by atoms with Gasteiger partial charge in [0.15, 0.2) is 0 Å². The average Bonchev–Trinajstić information content (AvgIpc) is 2.87. The van der Waals surface area contributed by atoms with Crippen LogP contribution in [0.1, 0.15) is 0 Å². The molecule has 0 aromatic heterocycles. The van der Waals surface area contributed by atoms with Crippen molar-refractivity contribution >= 4 is 73.4 Å². The predicted octanol–water partition coefficient (Wildman–Crippen LogP) is 5.71.